The van der Waals surface area contributed by atoms with E-state index in [2.05, 4.69) is 27.7 Å². The lowest BCUT2D eigenvalue weighted by Crippen LogP contribution is -2.39. The van der Waals surface area contributed by atoms with Gasteiger partial charge in [0.1, 0.15) is 5.60 Å². The van der Waals surface area contributed by atoms with Gasteiger partial charge in [0.2, 0.25) is 0 Å². The Balaban J connectivity index is 4.62. The molecule has 0 aliphatic carbocycles. The molecule has 0 amide bonds. The normalized spacial score (nSPS) is 13.7. The molecule has 0 saturated carbocycles. The zero-order valence-corrected chi connectivity index (χ0v) is 10.0. The van der Waals surface area contributed by atoms with E-state index in [1.807, 2.05) is 0 Å². The molecule has 0 spiro atoms. The highest BCUT2D eigenvalue weighted by atomic mass is 16.5. The molecule has 0 saturated heterocycles. The van der Waals surface area contributed by atoms with Crippen LogP contribution in [0, 0.1) is 5.92 Å². The highest BCUT2D eigenvalue weighted by Gasteiger charge is 2.35. The molecule has 0 bridgehead atoms. The number of carbonyl (C=O) groups excluding carboxylic acids is 1. The lowest BCUT2D eigenvalue weighted by atomic mass is 9.78. The summed E-state index contributed by atoms with van der Waals surface area (Å²) in [6.45, 7) is 9.18. The summed E-state index contributed by atoms with van der Waals surface area (Å²) in [4.78, 5) is 10.5. The molecule has 2 nitrogen and oxygen atoms in total. The van der Waals surface area contributed by atoms with Gasteiger partial charge in [-0.25, -0.2) is 0 Å². The molecule has 1 atom stereocenters. The largest absolute Gasteiger partial charge is 0.461 e. The van der Waals surface area contributed by atoms with Crippen LogP contribution in [0.15, 0.2) is 0 Å². The van der Waals surface area contributed by atoms with Gasteiger partial charge in [0.15, 0.2) is 0 Å². The lowest BCUT2D eigenvalue weighted by Gasteiger charge is -2.37. The Labute approximate surface area is 88.0 Å². The summed E-state index contributed by atoms with van der Waals surface area (Å²) in [6.07, 6.45) is 5.22. The van der Waals surface area contributed by atoms with Gasteiger partial charge in [-0.3, -0.25) is 4.79 Å². The molecule has 0 heterocycles. The van der Waals surface area contributed by atoms with Gasteiger partial charge in [-0.1, -0.05) is 34.1 Å². The Morgan fingerprint density at radius 2 is 1.79 bits per heavy atom. The first kappa shape index (κ1) is 13.5. The number of ether oxygens (including phenoxy) is 1. The highest BCUT2D eigenvalue weighted by molar-refractivity contribution is 5.38. The molecular formula is C12H24O2. The third-order valence-corrected chi connectivity index (χ3v) is 3.35. The molecule has 0 rings (SSSR count). The van der Waals surface area contributed by atoms with Crippen molar-refractivity contribution in [2.75, 3.05) is 0 Å². The molecule has 0 radical (unpaired) electrons. The van der Waals surface area contributed by atoms with E-state index in [4.69, 9.17) is 4.74 Å². The van der Waals surface area contributed by atoms with E-state index in [-0.39, 0.29) is 5.60 Å². The van der Waals surface area contributed by atoms with Gasteiger partial charge in [0, 0.05) is 0 Å². The third-order valence-electron chi connectivity index (χ3n) is 3.35. The van der Waals surface area contributed by atoms with Gasteiger partial charge in [-0.15, -0.1) is 0 Å². The second-order valence-electron chi connectivity index (χ2n) is 3.88. The minimum Gasteiger partial charge on any atom is -0.461 e. The van der Waals surface area contributed by atoms with Crippen LogP contribution in [0.5, 0.6) is 0 Å². The summed E-state index contributed by atoms with van der Waals surface area (Å²) in [5.74, 6) is 0.507. The Morgan fingerprint density at radius 1 is 1.21 bits per heavy atom. The Bertz CT molecular complexity index is 150. The Kier molecular flexibility index (Phi) is 6.60. The number of carbonyl (C=O) groups is 1. The summed E-state index contributed by atoms with van der Waals surface area (Å²) in [5.41, 5.74) is -0.216. The fraction of sp³-hybridized carbons (Fsp3) is 0.917. The van der Waals surface area contributed by atoms with E-state index < -0.39 is 0 Å². The van der Waals surface area contributed by atoms with Crippen LogP contribution < -0.4 is 0 Å². The van der Waals surface area contributed by atoms with Crippen LogP contribution >= 0.6 is 0 Å². The van der Waals surface area contributed by atoms with Gasteiger partial charge in [0.25, 0.3) is 6.47 Å². The summed E-state index contributed by atoms with van der Waals surface area (Å²) in [5, 5.41) is 0. The van der Waals surface area contributed by atoms with Gasteiger partial charge >= 0.3 is 0 Å². The van der Waals surface area contributed by atoms with Gasteiger partial charge in [0.05, 0.1) is 0 Å². The van der Waals surface area contributed by atoms with Crippen LogP contribution in [-0.2, 0) is 9.53 Å². The molecule has 84 valence electrons. The second kappa shape index (κ2) is 6.86. The highest BCUT2D eigenvalue weighted by Crippen LogP contribution is 2.34. The van der Waals surface area contributed by atoms with Crippen molar-refractivity contribution in [2.24, 2.45) is 5.92 Å². The molecule has 0 fully saturated rings. The van der Waals surface area contributed by atoms with E-state index in [0.717, 1.165) is 32.1 Å². The van der Waals surface area contributed by atoms with Crippen molar-refractivity contribution in [2.45, 2.75) is 65.4 Å². The molecule has 0 aromatic heterocycles. The summed E-state index contributed by atoms with van der Waals surface area (Å²) < 4.78 is 5.35. The van der Waals surface area contributed by atoms with Crippen LogP contribution in [0.4, 0.5) is 0 Å². The first-order chi connectivity index (χ1) is 6.70. The van der Waals surface area contributed by atoms with Crippen molar-refractivity contribution in [1.29, 1.82) is 0 Å². The molecule has 0 aromatic rings. The maximum atomic E-state index is 10.5. The monoisotopic (exact) mass is 200 g/mol. The zero-order chi connectivity index (χ0) is 11.0. The molecular weight excluding hydrogens is 176 g/mol. The minimum atomic E-state index is -0.216. The fourth-order valence-electron chi connectivity index (χ4n) is 2.37. The van der Waals surface area contributed by atoms with E-state index in [0.29, 0.717) is 12.4 Å². The first-order valence-corrected chi connectivity index (χ1v) is 5.82. The average molecular weight is 200 g/mol. The lowest BCUT2D eigenvalue weighted by molar-refractivity contribution is -0.152. The molecule has 0 aliphatic heterocycles. The van der Waals surface area contributed by atoms with Crippen molar-refractivity contribution in [1.82, 2.24) is 0 Å². The minimum absolute atomic E-state index is 0.216. The van der Waals surface area contributed by atoms with Crippen molar-refractivity contribution in [3.63, 3.8) is 0 Å². The van der Waals surface area contributed by atoms with E-state index in [9.17, 15) is 4.79 Å². The van der Waals surface area contributed by atoms with Gasteiger partial charge in [-0.05, 0) is 31.6 Å². The van der Waals surface area contributed by atoms with Gasteiger partial charge in [-0.2, -0.15) is 0 Å². The van der Waals surface area contributed by atoms with Crippen molar-refractivity contribution in [3.8, 4) is 0 Å². The SMILES string of the molecule is CCCC(CC)C(CC)(CC)OC=O. The smallest absolute Gasteiger partial charge is 0.293 e. The standard InChI is InChI=1S/C12H24O2/c1-5-9-11(6-2)12(7-3,8-4)14-10-13/h10-11H,5-9H2,1-4H3. The number of hydrogen-bond acceptors (Lipinski definition) is 2. The average Bonchev–Trinajstić information content (AvgIpc) is 2.23. The summed E-state index contributed by atoms with van der Waals surface area (Å²) in [6, 6.07) is 0. The van der Waals surface area contributed by atoms with Crippen LogP contribution in [0.1, 0.15) is 59.8 Å². The van der Waals surface area contributed by atoms with Crippen LogP contribution in [0.25, 0.3) is 0 Å². The Morgan fingerprint density at radius 3 is 2.07 bits per heavy atom. The maximum Gasteiger partial charge on any atom is 0.293 e. The van der Waals surface area contributed by atoms with E-state index in [1.165, 1.54) is 0 Å². The quantitative estimate of drug-likeness (QED) is 0.560. The van der Waals surface area contributed by atoms with Crippen LogP contribution in [0.2, 0.25) is 0 Å². The van der Waals surface area contributed by atoms with Crippen LogP contribution in [-0.4, -0.2) is 12.1 Å². The number of rotatable bonds is 8. The zero-order valence-electron chi connectivity index (χ0n) is 10.0. The first-order valence-electron chi connectivity index (χ1n) is 5.82. The van der Waals surface area contributed by atoms with Crippen molar-refractivity contribution in [3.05, 3.63) is 0 Å². The predicted octanol–water partition coefficient (Wildman–Crippen LogP) is 3.54. The molecule has 0 N–H and O–H groups in total. The summed E-state index contributed by atoms with van der Waals surface area (Å²) >= 11 is 0. The summed E-state index contributed by atoms with van der Waals surface area (Å²) in [7, 11) is 0. The Hall–Kier alpha value is -0.530. The maximum absolute atomic E-state index is 10.5. The van der Waals surface area contributed by atoms with E-state index in [1.54, 1.807) is 0 Å². The van der Waals surface area contributed by atoms with Crippen molar-refractivity contribution >= 4 is 6.47 Å². The predicted molar refractivity (Wildman–Crippen MR) is 59.2 cm³/mol. The number of hydrogen-bond donors (Lipinski definition) is 0. The van der Waals surface area contributed by atoms with Crippen molar-refractivity contribution < 1.29 is 9.53 Å². The topological polar surface area (TPSA) is 26.3 Å². The molecule has 0 aromatic carbocycles. The third kappa shape index (κ3) is 3.00. The van der Waals surface area contributed by atoms with Crippen LogP contribution in [0.3, 0.4) is 0 Å². The van der Waals surface area contributed by atoms with E-state index >= 15 is 0 Å². The van der Waals surface area contributed by atoms with Gasteiger partial charge < -0.3 is 4.74 Å². The fourth-order valence-corrected chi connectivity index (χ4v) is 2.37. The molecule has 2 heteroatoms. The molecule has 0 aliphatic rings. The molecule has 1 unspecified atom stereocenters. The second-order valence-corrected chi connectivity index (χ2v) is 3.88. The molecule has 14 heavy (non-hydrogen) atoms.